The Morgan fingerprint density at radius 1 is 1.16 bits per heavy atom. The highest BCUT2D eigenvalue weighted by atomic mass is 35.5. The van der Waals surface area contributed by atoms with Gasteiger partial charge in [0.1, 0.15) is 23.7 Å². The second-order valence-corrected chi connectivity index (χ2v) is 10.0. The molecule has 2 N–H and O–H groups in total. The molecule has 0 spiro atoms. The third-order valence-corrected chi connectivity index (χ3v) is 7.31. The van der Waals surface area contributed by atoms with E-state index in [9.17, 15) is 9.18 Å². The Labute approximate surface area is 226 Å². The molecule has 0 radical (unpaired) electrons. The first kappa shape index (κ1) is 26.3. The Kier molecular flexibility index (Phi) is 8.36. The average Bonchev–Trinajstić information content (AvgIpc) is 2.89. The summed E-state index contributed by atoms with van der Waals surface area (Å²) in [5.41, 5.74) is 1.77. The fourth-order valence-corrected chi connectivity index (χ4v) is 4.75. The first-order valence-electron chi connectivity index (χ1n) is 12.9. The number of benzene rings is 2. The number of hydrogen-bond donors (Lipinski definition) is 2. The van der Waals surface area contributed by atoms with E-state index in [0.29, 0.717) is 46.5 Å². The van der Waals surface area contributed by atoms with Gasteiger partial charge in [0.15, 0.2) is 0 Å². The Hall–Kier alpha value is -3.27. The topological polar surface area (TPSA) is 88.6 Å². The van der Waals surface area contributed by atoms with Crippen molar-refractivity contribution in [2.24, 2.45) is 0 Å². The SMILES string of the molecule is COC1CCN(CC=CC(=O)Nc2cc3c(Nc4ccc(F)c(Cl)c4)ncnc3cc2OC2CCC2)CC1. The molecular weight excluding hydrogens is 509 g/mol. The van der Waals surface area contributed by atoms with Crippen LogP contribution in [-0.2, 0) is 9.53 Å². The van der Waals surface area contributed by atoms with Crippen LogP contribution >= 0.6 is 11.6 Å². The maximum Gasteiger partial charge on any atom is 0.248 e. The second-order valence-electron chi connectivity index (χ2n) is 9.64. The number of methoxy groups -OCH3 is 1. The molecule has 1 aromatic heterocycles. The van der Waals surface area contributed by atoms with Crippen LogP contribution in [0.5, 0.6) is 5.75 Å². The van der Waals surface area contributed by atoms with Crippen LogP contribution in [0.15, 0.2) is 48.8 Å². The molecule has 1 saturated carbocycles. The fourth-order valence-electron chi connectivity index (χ4n) is 4.57. The summed E-state index contributed by atoms with van der Waals surface area (Å²) in [6.45, 7) is 2.60. The molecule has 2 aliphatic rings. The van der Waals surface area contributed by atoms with Gasteiger partial charge in [-0.25, -0.2) is 14.4 Å². The second kappa shape index (κ2) is 12.1. The lowest BCUT2D eigenvalue weighted by molar-refractivity contribution is -0.112. The maximum atomic E-state index is 13.6. The molecular formula is C28H31ClFN5O3. The lowest BCUT2D eigenvalue weighted by Gasteiger charge is -2.30. The highest BCUT2D eigenvalue weighted by Crippen LogP contribution is 2.36. The van der Waals surface area contributed by atoms with Crippen molar-refractivity contribution in [3.63, 3.8) is 0 Å². The van der Waals surface area contributed by atoms with Gasteiger partial charge in [-0.2, -0.15) is 0 Å². The van der Waals surface area contributed by atoms with Crippen LogP contribution in [0.2, 0.25) is 5.02 Å². The molecule has 10 heteroatoms. The summed E-state index contributed by atoms with van der Waals surface area (Å²) in [6.07, 6.45) is 10.4. The molecule has 5 rings (SSSR count). The van der Waals surface area contributed by atoms with Gasteiger partial charge in [-0.05, 0) is 56.4 Å². The number of rotatable bonds is 9. The van der Waals surface area contributed by atoms with E-state index < -0.39 is 5.82 Å². The summed E-state index contributed by atoms with van der Waals surface area (Å²) < 4.78 is 25.2. The number of amides is 1. The highest BCUT2D eigenvalue weighted by molar-refractivity contribution is 6.31. The molecule has 200 valence electrons. The molecule has 2 aromatic carbocycles. The van der Waals surface area contributed by atoms with Gasteiger partial charge in [-0.1, -0.05) is 17.7 Å². The zero-order chi connectivity index (χ0) is 26.5. The Morgan fingerprint density at radius 3 is 2.68 bits per heavy atom. The van der Waals surface area contributed by atoms with E-state index in [1.807, 2.05) is 12.1 Å². The number of carbonyl (C=O) groups is 1. The van der Waals surface area contributed by atoms with Crippen molar-refractivity contribution in [3.8, 4) is 5.75 Å². The number of carbonyl (C=O) groups excluding carboxylic acids is 1. The van der Waals surface area contributed by atoms with Gasteiger partial charge in [0.25, 0.3) is 0 Å². The minimum absolute atomic E-state index is 0.00681. The van der Waals surface area contributed by atoms with Crippen LogP contribution in [0, 0.1) is 5.82 Å². The van der Waals surface area contributed by atoms with E-state index in [1.165, 1.54) is 18.5 Å². The summed E-state index contributed by atoms with van der Waals surface area (Å²) in [5.74, 6) is 0.324. The van der Waals surface area contributed by atoms with Gasteiger partial charge in [0.2, 0.25) is 5.91 Å². The average molecular weight is 540 g/mol. The molecule has 2 heterocycles. The Balaban J connectivity index is 1.35. The van der Waals surface area contributed by atoms with Gasteiger partial charge >= 0.3 is 0 Å². The van der Waals surface area contributed by atoms with Crippen molar-refractivity contribution in [1.82, 2.24) is 14.9 Å². The van der Waals surface area contributed by atoms with Crippen LogP contribution in [0.3, 0.4) is 0 Å². The molecule has 1 aliphatic carbocycles. The number of hydrogen-bond acceptors (Lipinski definition) is 7. The van der Waals surface area contributed by atoms with Gasteiger partial charge in [-0.15, -0.1) is 0 Å². The zero-order valence-electron chi connectivity index (χ0n) is 21.3. The van der Waals surface area contributed by atoms with E-state index in [2.05, 4.69) is 25.5 Å². The maximum absolute atomic E-state index is 13.6. The molecule has 38 heavy (non-hydrogen) atoms. The van der Waals surface area contributed by atoms with Crippen LogP contribution in [0.1, 0.15) is 32.1 Å². The standard InChI is InChI=1S/C28H31ClFN5O3/c1-37-19-9-12-35(13-10-19)11-3-6-27(36)34-25-15-21-24(16-26(25)38-20-4-2-5-20)31-17-32-28(21)33-18-7-8-23(30)22(29)14-18/h3,6-8,14-17,19-20H,2,4-5,9-13H2,1H3,(H,34,36)(H,31,32,33). The van der Waals surface area contributed by atoms with Gasteiger partial charge in [-0.3, -0.25) is 9.69 Å². The lowest BCUT2D eigenvalue weighted by atomic mass is 9.96. The summed E-state index contributed by atoms with van der Waals surface area (Å²) in [4.78, 5) is 23.9. The van der Waals surface area contributed by atoms with Crippen molar-refractivity contribution >= 4 is 45.6 Å². The summed E-state index contributed by atoms with van der Waals surface area (Å²) in [6, 6.07) is 7.98. The molecule has 1 saturated heterocycles. The van der Waals surface area contributed by atoms with Crippen LogP contribution in [0.25, 0.3) is 10.9 Å². The smallest absolute Gasteiger partial charge is 0.248 e. The molecule has 0 unspecified atom stereocenters. The van der Waals surface area contributed by atoms with E-state index >= 15 is 0 Å². The van der Waals surface area contributed by atoms with E-state index in [1.54, 1.807) is 25.3 Å². The van der Waals surface area contributed by atoms with Crippen LogP contribution in [-0.4, -0.2) is 59.7 Å². The molecule has 0 bridgehead atoms. The molecule has 0 atom stereocenters. The Bertz CT molecular complexity index is 1330. The normalized spacial score (nSPS) is 17.0. The van der Waals surface area contributed by atoms with Gasteiger partial charge < -0.3 is 20.1 Å². The summed E-state index contributed by atoms with van der Waals surface area (Å²) in [5, 5.41) is 6.83. The fraction of sp³-hybridized carbons (Fsp3) is 0.393. The highest BCUT2D eigenvalue weighted by Gasteiger charge is 2.22. The summed E-state index contributed by atoms with van der Waals surface area (Å²) >= 11 is 5.95. The minimum Gasteiger partial charge on any atom is -0.488 e. The Morgan fingerprint density at radius 2 is 1.97 bits per heavy atom. The number of fused-ring (bicyclic) bond motifs is 1. The summed E-state index contributed by atoms with van der Waals surface area (Å²) in [7, 11) is 1.75. The molecule has 1 amide bonds. The van der Waals surface area contributed by atoms with Crippen molar-refractivity contribution in [2.45, 2.75) is 44.3 Å². The van der Waals surface area contributed by atoms with Gasteiger partial charge in [0, 0.05) is 50.0 Å². The van der Waals surface area contributed by atoms with Gasteiger partial charge in [0.05, 0.1) is 28.4 Å². The van der Waals surface area contributed by atoms with Crippen molar-refractivity contribution < 1.29 is 18.7 Å². The number of aromatic nitrogens is 2. The lowest BCUT2D eigenvalue weighted by Crippen LogP contribution is -2.36. The zero-order valence-corrected chi connectivity index (χ0v) is 22.0. The van der Waals surface area contributed by atoms with E-state index in [-0.39, 0.29) is 17.0 Å². The quantitative estimate of drug-likeness (QED) is 0.337. The monoisotopic (exact) mass is 539 g/mol. The largest absolute Gasteiger partial charge is 0.488 e. The number of nitrogens with zero attached hydrogens (tertiary/aromatic N) is 3. The van der Waals surface area contributed by atoms with Crippen LogP contribution < -0.4 is 15.4 Å². The number of halogens is 2. The van der Waals surface area contributed by atoms with Crippen LogP contribution in [0.4, 0.5) is 21.6 Å². The van der Waals surface area contributed by atoms with Crippen molar-refractivity contribution in [1.29, 1.82) is 0 Å². The third kappa shape index (κ3) is 6.40. The van der Waals surface area contributed by atoms with E-state index in [4.69, 9.17) is 21.1 Å². The minimum atomic E-state index is -0.500. The predicted molar refractivity (Wildman–Crippen MR) is 147 cm³/mol. The number of likely N-dealkylation sites (tertiary alicyclic amines) is 1. The van der Waals surface area contributed by atoms with E-state index in [0.717, 1.165) is 45.2 Å². The van der Waals surface area contributed by atoms with Crippen molar-refractivity contribution in [2.75, 3.05) is 37.4 Å². The van der Waals surface area contributed by atoms with Crippen molar-refractivity contribution in [3.05, 3.63) is 59.7 Å². The third-order valence-electron chi connectivity index (χ3n) is 7.02. The first-order valence-corrected chi connectivity index (χ1v) is 13.3. The number of anilines is 3. The number of ether oxygens (including phenoxy) is 2. The molecule has 1 aliphatic heterocycles. The molecule has 8 nitrogen and oxygen atoms in total. The molecule has 2 fully saturated rings. The molecule has 3 aromatic rings. The first-order chi connectivity index (χ1) is 18.5. The predicted octanol–water partition coefficient (Wildman–Crippen LogP) is 5.70. The number of nitrogens with one attached hydrogen (secondary N) is 2. The number of piperidine rings is 1.